The highest BCUT2D eigenvalue weighted by Gasteiger charge is 2.11. The second kappa shape index (κ2) is 13.7. The summed E-state index contributed by atoms with van der Waals surface area (Å²) in [5.74, 6) is 0. The number of pyridine rings is 3. The van der Waals surface area contributed by atoms with Crippen LogP contribution in [0.2, 0.25) is 0 Å². The molecule has 0 fully saturated rings. The zero-order valence-electron chi connectivity index (χ0n) is 21.6. The highest BCUT2D eigenvalue weighted by atomic mass is 15.2. The fraction of sp³-hybridized carbons (Fsp3) is 0.414. The predicted octanol–water partition coefficient (Wildman–Crippen LogP) is 4.29. The summed E-state index contributed by atoms with van der Waals surface area (Å²) in [5, 5.41) is 0. The van der Waals surface area contributed by atoms with Gasteiger partial charge in [-0.2, -0.15) is 0 Å². The normalized spacial score (nSPS) is 17.2. The van der Waals surface area contributed by atoms with Gasteiger partial charge in [-0.3, -0.25) is 29.8 Å². The minimum absolute atomic E-state index is 0.740. The van der Waals surface area contributed by atoms with Gasteiger partial charge in [0.1, 0.15) is 0 Å². The molecule has 0 aromatic carbocycles. The summed E-state index contributed by atoms with van der Waals surface area (Å²) >= 11 is 0. The second-order valence-corrected chi connectivity index (χ2v) is 9.24. The van der Waals surface area contributed by atoms with E-state index in [4.69, 9.17) is 15.0 Å². The van der Waals surface area contributed by atoms with E-state index in [0.717, 1.165) is 99.4 Å². The van der Waals surface area contributed by atoms with Crippen LogP contribution in [0, 0.1) is 0 Å². The van der Waals surface area contributed by atoms with Crippen molar-refractivity contribution in [3.05, 3.63) is 89.8 Å². The number of hydrogen-bond donors (Lipinski definition) is 0. The molecule has 7 nitrogen and oxygen atoms in total. The van der Waals surface area contributed by atoms with Gasteiger partial charge >= 0.3 is 0 Å². The van der Waals surface area contributed by atoms with Gasteiger partial charge in [0.25, 0.3) is 0 Å². The monoisotopic (exact) mass is 483 g/mol. The number of rotatable bonds is 4. The first-order valence-corrected chi connectivity index (χ1v) is 12.9. The zero-order valence-corrected chi connectivity index (χ0v) is 21.6. The lowest BCUT2D eigenvalue weighted by atomic mass is 10.2. The fourth-order valence-electron chi connectivity index (χ4n) is 4.37. The van der Waals surface area contributed by atoms with Crippen molar-refractivity contribution in [1.82, 2.24) is 24.8 Å². The minimum Gasteiger partial charge on any atom is -0.296 e. The highest BCUT2D eigenvalue weighted by molar-refractivity contribution is 6.00. The Morgan fingerprint density at radius 3 is 1.56 bits per heavy atom. The van der Waals surface area contributed by atoms with Crippen LogP contribution in [0.15, 0.2) is 77.0 Å². The van der Waals surface area contributed by atoms with Crippen molar-refractivity contribution >= 4 is 11.4 Å². The molecule has 0 saturated carbocycles. The average molecular weight is 484 g/mol. The highest BCUT2D eigenvalue weighted by Crippen LogP contribution is 2.09. The van der Waals surface area contributed by atoms with E-state index in [9.17, 15) is 0 Å². The third kappa shape index (κ3) is 8.14. The maximum Gasteiger partial charge on any atom is 0.0845 e. The molecule has 0 amide bonds. The summed E-state index contributed by atoms with van der Waals surface area (Å²) in [6.45, 7) is 11.1. The Morgan fingerprint density at radius 1 is 0.611 bits per heavy atom. The molecule has 0 N–H and O–H groups in total. The molecule has 0 radical (unpaired) electrons. The van der Waals surface area contributed by atoms with Crippen LogP contribution in [-0.2, 0) is 13.1 Å². The van der Waals surface area contributed by atoms with Crippen molar-refractivity contribution in [2.24, 2.45) is 9.98 Å². The molecule has 188 valence electrons. The molecule has 7 heteroatoms. The van der Waals surface area contributed by atoms with Gasteiger partial charge in [-0.25, -0.2) is 4.98 Å². The Hall–Kier alpha value is -3.29. The van der Waals surface area contributed by atoms with E-state index in [0.29, 0.717) is 0 Å². The van der Waals surface area contributed by atoms with Crippen molar-refractivity contribution in [3.63, 3.8) is 0 Å². The lowest BCUT2D eigenvalue weighted by molar-refractivity contribution is 0.236. The van der Waals surface area contributed by atoms with Crippen molar-refractivity contribution in [2.75, 3.05) is 39.3 Å². The smallest absolute Gasteiger partial charge is 0.0845 e. The molecule has 0 saturated heterocycles. The van der Waals surface area contributed by atoms with E-state index >= 15 is 0 Å². The largest absolute Gasteiger partial charge is 0.296 e. The molecule has 3 aromatic heterocycles. The van der Waals surface area contributed by atoms with Gasteiger partial charge < -0.3 is 0 Å². The van der Waals surface area contributed by atoms with Crippen LogP contribution in [0.4, 0.5) is 0 Å². The van der Waals surface area contributed by atoms with E-state index in [1.54, 1.807) is 0 Å². The van der Waals surface area contributed by atoms with Crippen molar-refractivity contribution < 1.29 is 0 Å². The second-order valence-electron chi connectivity index (χ2n) is 9.24. The molecule has 2 bridgehead atoms. The Balaban J connectivity index is 1.52. The summed E-state index contributed by atoms with van der Waals surface area (Å²) in [5.41, 5.74) is 5.96. The molecule has 1 aliphatic heterocycles. The summed E-state index contributed by atoms with van der Waals surface area (Å²) in [4.78, 5) is 28.6. The summed E-state index contributed by atoms with van der Waals surface area (Å²) < 4.78 is 0. The molecule has 0 unspecified atom stereocenters. The minimum atomic E-state index is 0.740. The molecule has 0 aliphatic carbocycles. The van der Waals surface area contributed by atoms with E-state index < -0.39 is 0 Å². The van der Waals surface area contributed by atoms with Crippen molar-refractivity contribution in [2.45, 2.75) is 39.8 Å². The number of aromatic nitrogens is 3. The Bertz CT molecular complexity index is 1040. The molecule has 36 heavy (non-hydrogen) atoms. The van der Waals surface area contributed by atoms with Crippen molar-refractivity contribution in [1.29, 1.82) is 0 Å². The first kappa shape index (κ1) is 25.8. The first-order chi connectivity index (χ1) is 17.7. The predicted molar refractivity (Wildman–Crippen MR) is 147 cm³/mol. The van der Waals surface area contributed by atoms with Gasteiger partial charge in [-0.1, -0.05) is 18.2 Å². The Kier molecular flexibility index (Phi) is 9.82. The molecular weight excluding hydrogens is 446 g/mol. The molecule has 4 heterocycles. The van der Waals surface area contributed by atoms with Crippen LogP contribution < -0.4 is 0 Å². The van der Waals surface area contributed by atoms with Crippen LogP contribution in [0.1, 0.15) is 49.5 Å². The molecule has 3 aromatic rings. The number of aliphatic imine (C=N–C) groups is 2. The maximum absolute atomic E-state index is 4.86. The maximum atomic E-state index is 4.86. The van der Waals surface area contributed by atoms with Crippen LogP contribution in [-0.4, -0.2) is 75.4 Å². The fourth-order valence-corrected chi connectivity index (χ4v) is 4.37. The lowest BCUT2D eigenvalue weighted by Crippen LogP contribution is -2.30. The van der Waals surface area contributed by atoms with Gasteiger partial charge in [0.05, 0.1) is 47.3 Å². The van der Waals surface area contributed by atoms with Crippen LogP contribution in [0.25, 0.3) is 0 Å². The van der Waals surface area contributed by atoms with Gasteiger partial charge in [-0.05, 0) is 76.2 Å². The molecular formula is C29H37N7. The standard InChI is InChI=1S/C29H37N7/c1-24-28-12-9-13-29(34-28)25(2)31-17-21-36(23-27-11-4-6-15-33-27)19-8-7-18-35(20-16-30-24)22-26-10-3-5-14-32-26/h3-6,9-15H,7-8,16-23H2,1-2H3. The first-order valence-electron chi connectivity index (χ1n) is 12.9. The van der Waals surface area contributed by atoms with Crippen LogP contribution in [0.3, 0.4) is 0 Å². The van der Waals surface area contributed by atoms with E-state index in [1.807, 2.05) is 56.6 Å². The SMILES string of the molecule is CC1=NCCN(Cc2ccccn2)CCCCN(Cc2ccccn2)CCN=C(C)c2cccc1n2. The summed E-state index contributed by atoms with van der Waals surface area (Å²) in [7, 11) is 0. The van der Waals surface area contributed by atoms with Gasteiger partial charge in [-0.15, -0.1) is 0 Å². The van der Waals surface area contributed by atoms with Gasteiger partial charge in [0.15, 0.2) is 0 Å². The topological polar surface area (TPSA) is 69.9 Å². The van der Waals surface area contributed by atoms with E-state index in [-0.39, 0.29) is 0 Å². The molecule has 4 rings (SSSR count). The third-order valence-electron chi connectivity index (χ3n) is 6.44. The van der Waals surface area contributed by atoms with E-state index in [2.05, 4.69) is 44.0 Å². The summed E-state index contributed by atoms with van der Waals surface area (Å²) in [6, 6.07) is 18.4. The zero-order chi connectivity index (χ0) is 25.0. The van der Waals surface area contributed by atoms with Crippen molar-refractivity contribution in [3.8, 4) is 0 Å². The number of fused-ring (bicyclic) bond motifs is 2. The molecule has 0 spiro atoms. The number of hydrogen-bond acceptors (Lipinski definition) is 7. The van der Waals surface area contributed by atoms with Crippen LogP contribution in [0.5, 0.6) is 0 Å². The molecule has 1 aliphatic rings. The Labute approximate surface area is 215 Å². The average Bonchev–Trinajstić information content (AvgIpc) is 2.91. The summed E-state index contributed by atoms with van der Waals surface area (Å²) in [6.07, 6.45) is 5.99. The van der Waals surface area contributed by atoms with Crippen LogP contribution >= 0.6 is 0 Å². The third-order valence-corrected chi connectivity index (χ3v) is 6.44. The number of nitrogens with zero attached hydrogens (tertiary/aromatic N) is 7. The quantitative estimate of drug-likeness (QED) is 0.554. The van der Waals surface area contributed by atoms with Gasteiger partial charge in [0.2, 0.25) is 0 Å². The molecule has 0 atom stereocenters. The lowest BCUT2D eigenvalue weighted by Gasteiger charge is -2.24. The Morgan fingerprint density at radius 2 is 1.11 bits per heavy atom. The van der Waals surface area contributed by atoms with Gasteiger partial charge in [0, 0.05) is 38.6 Å². The van der Waals surface area contributed by atoms with E-state index in [1.165, 1.54) is 0 Å².